The first-order valence-corrected chi connectivity index (χ1v) is 9.24. The Balaban J connectivity index is 1.44. The topological polar surface area (TPSA) is 37.2 Å². The van der Waals surface area contributed by atoms with E-state index in [2.05, 4.69) is 61.8 Å². The van der Waals surface area contributed by atoms with Crippen molar-refractivity contribution in [3.8, 4) is 0 Å². The van der Waals surface area contributed by atoms with Crippen LogP contribution in [0.4, 0.5) is 0 Å². The molecular weight excluding hydrogens is 298 g/mol. The predicted octanol–water partition coefficient (Wildman–Crippen LogP) is 2.15. The number of likely N-dealkylation sites (tertiary alicyclic amines) is 1. The third-order valence-corrected chi connectivity index (χ3v) is 5.48. The van der Waals surface area contributed by atoms with Crippen LogP contribution in [-0.2, 0) is 19.5 Å². The molecule has 1 atom stereocenters. The van der Waals surface area contributed by atoms with Crippen molar-refractivity contribution in [3.63, 3.8) is 0 Å². The smallest absolute Gasteiger partial charge is 0.137 e. The van der Waals surface area contributed by atoms with E-state index in [0.29, 0.717) is 5.92 Å². The maximum Gasteiger partial charge on any atom is 0.137 e. The zero-order valence-electron chi connectivity index (χ0n) is 14.6. The van der Waals surface area contributed by atoms with Crippen LogP contribution in [0.2, 0.25) is 0 Å². The summed E-state index contributed by atoms with van der Waals surface area (Å²) in [5.41, 5.74) is 1.40. The summed E-state index contributed by atoms with van der Waals surface area (Å²) in [6.07, 6.45) is 2.23. The lowest BCUT2D eigenvalue weighted by Gasteiger charge is -2.18. The second-order valence-electron chi connectivity index (χ2n) is 7.02. The normalized spacial score (nSPS) is 22.5. The van der Waals surface area contributed by atoms with Crippen molar-refractivity contribution in [2.24, 2.45) is 0 Å². The van der Waals surface area contributed by atoms with Crippen LogP contribution in [0, 0.1) is 0 Å². The fourth-order valence-corrected chi connectivity index (χ4v) is 4.04. The lowest BCUT2D eigenvalue weighted by Crippen LogP contribution is -2.27. The van der Waals surface area contributed by atoms with Crippen molar-refractivity contribution in [2.45, 2.75) is 38.8 Å². The van der Waals surface area contributed by atoms with E-state index in [-0.39, 0.29) is 0 Å². The molecule has 2 aromatic rings. The van der Waals surface area contributed by atoms with Gasteiger partial charge in [-0.15, -0.1) is 10.2 Å². The van der Waals surface area contributed by atoms with Crippen molar-refractivity contribution < 1.29 is 0 Å². The molecule has 4 rings (SSSR count). The summed E-state index contributed by atoms with van der Waals surface area (Å²) >= 11 is 0. The minimum Gasteiger partial charge on any atom is -0.313 e. The van der Waals surface area contributed by atoms with Gasteiger partial charge >= 0.3 is 0 Å². The predicted molar refractivity (Wildman–Crippen MR) is 94.9 cm³/mol. The zero-order chi connectivity index (χ0) is 16.4. The zero-order valence-corrected chi connectivity index (χ0v) is 14.6. The number of likely N-dealkylation sites (N-methyl/N-ethyl adjacent to an activating group) is 1. The van der Waals surface area contributed by atoms with Crippen LogP contribution in [0.1, 0.15) is 36.5 Å². The van der Waals surface area contributed by atoms with Crippen LogP contribution in [0.5, 0.6) is 0 Å². The molecule has 0 amide bonds. The Bertz CT molecular complexity index is 666. The lowest BCUT2D eigenvalue weighted by atomic mass is 10.1. The van der Waals surface area contributed by atoms with Crippen molar-refractivity contribution in [2.75, 3.05) is 32.7 Å². The average Bonchev–Trinajstić information content (AvgIpc) is 3.18. The van der Waals surface area contributed by atoms with Gasteiger partial charge in [-0.2, -0.15) is 0 Å². The van der Waals surface area contributed by atoms with Crippen molar-refractivity contribution in [3.05, 3.63) is 47.5 Å². The Hall–Kier alpha value is -1.72. The minimum atomic E-state index is 0.531. The molecular formula is C19H27N5. The average molecular weight is 325 g/mol. The summed E-state index contributed by atoms with van der Waals surface area (Å²) in [5.74, 6) is 2.93. The molecule has 0 bridgehead atoms. The lowest BCUT2D eigenvalue weighted by molar-refractivity contribution is 0.292. The molecule has 0 N–H and O–H groups in total. The number of benzene rings is 1. The highest BCUT2D eigenvalue weighted by Gasteiger charge is 2.29. The van der Waals surface area contributed by atoms with E-state index in [1.54, 1.807) is 0 Å². The van der Waals surface area contributed by atoms with Crippen molar-refractivity contribution in [1.29, 1.82) is 0 Å². The molecule has 24 heavy (non-hydrogen) atoms. The van der Waals surface area contributed by atoms with Gasteiger partial charge in [-0.05, 0) is 25.1 Å². The fraction of sp³-hybridized carbons (Fsp3) is 0.579. The molecule has 1 aromatic heterocycles. The van der Waals surface area contributed by atoms with Gasteiger partial charge in [0.2, 0.25) is 0 Å². The molecule has 1 aromatic carbocycles. The first-order valence-electron chi connectivity index (χ1n) is 9.24. The standard InChI is InChI=1S/C19H27N5/c1-2-22-11-9-18-20-21-19(24(18)13-12-22)17-8-10-23(15-17)14-16-6-4-3-5-7-16/h3-7,17H,2,8-15H2,1H3. The molecule has 2 aliphatic rings. The highest BCUT2D eigenvalue weighted by atomic mass is 15.3. The molecule has 5 heteroatoms. The maximum absolute atomic E-state index is 4.58. The van der Waals surface area contributed by atoms with Crippen LogP contribution in [0.25, 0.3) is 0 Å². The minimum absolute atomic E-state index is 0.531. The molecule has 1 fully saturated rings. The van der Waals surface area contributed by atoms with E-state index >= 15 is 0 Å². The molecule has 1 saturated heterocycles. The molecule has 1 unspecified atom stereocenters. The van der Waals surface area contributed by atoms with E-state index in [1.165, 1.54) is 23.6 Å². The van der Waals surface area contributed by atoms with Gasteiger partial charge in [0.25, 0.3) is 0 Å². The fourth-order valence-electron chi connectivity index (χ4n) is 4.04. The molecule has 0 radical (unpaired) electrons. The molecule has 2 aliphatic heterocycles. The Morgan fingerprint density at radius 2 is 1.88 bits per heavy atom. The van der Waals surface area contributed by atoms with Gasteiger partial charge in [-0.3, -0.25) is 4.90 Å². The highest BCUT2D eigenvalue weighted by Crippen LogP contribution is 2.28. The second kappa shape index (κ2) is 7.03. The van der Waals surface area contributed by atoms with Gasteiger partial charge in [-0.25, -0.2) is 0 Å². The van der Waals surface area contributed by atoms with E-state index < -0.39 is 0 Å². The first-order chi connectivity index (χ1) is 11.8. The number of aromatic nitrogens is 3. The van der Waals surface area contributed by atoms with Gasteiger partial charge in [0.1, 0.15) is 11.6 Å². The number of hydrogen-bond acceptors (Lipinski definition) is 4. The van der Waals surface area contributed by atoms with Crippen LogP contribution < -0.4 is 0 Å². The number of fused-ring (bicyclic) bond motifs is 1. The Morgan fingerprint density at radius 3 is 2.71 bits per heavy atom. The van der Waals surface area contributed by atoms with Gasteiger partial charge in [-0.1, -0.05) is 37.3 Å². The van der Waals surface area contributed by atoms with Crippen LogP contribution >= 0.6 is 0 Å². The summed E-state index contributed by atoms with van der Waals surface area (Å²) in [4.78, 5) is 5.06. The highest BCUT2D eigenvalue weighted by molar-refractivity contribution is 5.15. The maximum atomic E-state index is 4.58. The van der Waals surface area contributed by atoms with Gasteiger partial charge in [0, 0.05) is 45.1 Å². The third-order valence-electron chi connectivity index (χ3n) is 5.48. The number of rotatable bonds is 4. The molecule has 0 aliphatic carbocycles. The quantitative estimate of drug-likeness (QED) is 0.863. The molecule has 0 spiro atoms. The number of nitrogens with zero attached hydrogens (tertiary/aromatic N) is 5. The van der Waals surface area contributed by atoms with Crippen LogP contribution in [0.3, 0.4) is 0 Å². The summed E-state index contributed by atoms with van der Waals surface area (Å²) < 4.78 is 2.41. The Labute approximate surface area is 144 Å². The summed E-state index contributed by atoms with van der Waals surface area (Å²) in [6.45, 7) is 9.94. The van der Waals surface area contributed by atoms with Gasteiger partial charge in [0.15, 0.2) is 0 Å². The molecule has 128 valence electrons. The summed E-state index contributed by atoms with van der Waals surface area (Å²) in [7, 11) is 0. The largest absolute Gasteiger partial charge is 0.313 e. The van der Waals surface area contributed by atoms with Crippen LogP contribution in [-0.4, -0.2) is 57.3 Å². The van der Waals surface area contributed by atoms with Crippen LogP contribution in [0.15, 0.2) is 30.3 Å². The van der Waals surface area contributed by atoms with E-state index in [9.17, 15) is 0 Å². The molecule has 0 saturated carbocycles. The van der Waals surface area contributed by atoms with E-state index in [1.807, 2.05) is 0 Å². The Kier molecular flexibility index (Phi) is 4.63. The van der Waals surface area contributed by atoms with Gasteiger partial charge < -0.3 is 9.47 Å². The summed E-state index contributed by atoms with van der Waals surface area (Å²) in [5, 5.41) is 9.09. The van der Waals surface area contributed by atoms with Crippen molar-refractivity contribution in [1.82, 2.24) is 24.6 Å². The van der Waals surface area contributed by atoms with Crippen molar-refractivity contribution >= 4 is 0 Å². The van der Waals surface area contributed by atoms with Gasteiger partial charge in [0.05, 0.1) is 0 Å². The summed E-state index contributed by atoms with van der Waals surface area (Å²) in [6, 6.07) is 10.8. The molecule has 5 nitrogen and oxygen atoms in total. The van der Waals surface area contributed by atoms with E-state index in [0.717, 1.165) is 52.2 Å². The molecule has 3 heterocycles. The SMILES string of the molecule is CCN1CCc2nnc(C3CCN(Cc4ccccc4)C3)n2CC1. The van der Waals surface area contributed by atoms with E-state index in [4.69, 9.17) is 0 Å². The number of hydrogen-bond donors (Lipinski definition) is 0. The third kappa shape index (κ3) is 3.23. The second-order valence-corrected chi connectivity index (χ2v) is 7.02. The first kappa shape index (κ1) is 15.8. The monoisotopic (exact) mass is 325 g/mol. The Morgan fingerprint density at radius 1 is 1.00 bits per heavy atom.